The lowest BCUT2D eigenvalue weighted by Gasteiger charge is -2.30. The fourth-order valence-electron chi connectivity index (χ4n) is 2.89. The topological polar surface area (TPSA) is 77.1 Å². The molecule has 8 heteroatoms. The maximum Gasteiger partial charge on any atom is 0.262 e. The molecule has 2 aliphatic rings. The zero-order chi connectivity index (χ0) is 17.3. The summed E-state index contributed by atoms with van der Waals surface area (Å²) < 4.78 is 44.1. The number of nitrogens with one attached hydrogen (secondary N) is 1. The van der Waals surface area contributed by atoms with Crippen LogP contribution in [0.3, 0.4) is 0 Å². The van der Waals surface area contributed by atoms with E-state index in [0.29, 0.717) is 30.4 Å². The third-order valence-electron chi connectivity index (χ3n) is 4.15. The van der Waals surface area contributed by atoms with Crippen LogP contribution in [-0.4, -0.2) is 41.5 Å². The molecule has 7 nitrogen and oxygen atoms in total. The minimum absolute atomic E-state index is 0.103. The van der Waals surface area contributed by atoms with Gasteiger partial charge in [-0.1, -0.05) is 12.1 Å². The highest BCUT2D eigenvalue weighted by molar-refractivity contribution is 7.92. The Hall–Kier alpha value is -2.45. The summed E-state index contributed by atoms with van der Waals surface area (Å²) >= 11 is 0. The molecule has 0 saturated carbocycles. The third-order valence-corrected chi connectivity index (χ3v) is 5.52. The zero-order valence-corrected chi connectivity index (χ0v) is 14.3. The minimum Gasteiger partial charge on any atom is -0.454 e. The first-order chi connectivity index (χ1) is 12.1. The van der Waals surface area contributed by atoms with Gasteiger partial charge in [0.2, 0.25) is 6.79 Å². The second kappa shape index (κ2) is 6.45. The number of benzene rings is 2. The summed E-state index contributed by atoms with van der Waals surface area (Å²) in [5.41, 5.74) is 1.39. The molecule has 132 valence electrons. The van der Waals surface area contributed by atoms with Crippen molar-refractivity contribution in [2.75, 3.05) is 42.7 Å². The zero-order valence-electron chi connectivity index (χ0n) is 13.5. The number of anilines is 2. The van der Waals surface area contributed by atoms with Crippen molar-refractivity contribution in [3.8, 4) is 11.5 Å². The van der Waals surface area contributed by atoms with Crippen LogP contribution in [0.2, 0.25) is 0 Å². The molecular weight excluding hydrogens is 344 g/mol. The Morgan fingerprint density at radius 2 is 1.72 bits per heavy atom. The summed E-state index contributed by atoms with van der Waals surface area (Å²) in [4.78, 5) is 2.24. The second-order valence-electron chi connectivity index (χ2n) is 5.74. The van der Waals surface area contributed by atoms with Crippen molar-refractivity contribution in [2.45, 2.75) is 4.90 Å². The fraction of sp³-hybridized carbons (Fsp3) is 0.294. The Bertz CT molecular complexity index is 878. The molecular formula is C17H18N2O5S. The van der Waals surface area contributed by atoms with E-state index >= 15 is 0 Å². The first-order valence-electron chi connectivity index (χ1n) is 7.98. The van der Waals surface area contributed by atoms with Gasteiger partial charge >= 0.3 is 0 Å². The highest BCUT2D eigenvalue weighted by atomic mass is 32.2. The molecule has 0 radical (unpaired) electrons. The number of para-hydroxylation sites is 2. The van der Waals surface area contributed by atoms with E-state index in [4.69, 9.17) is 14.2 Å². The van der Waals surface area contributed by atoms with Gasteiger partial charge in [0.15, 0.2) is 11.5 Å². The van der Waals surface area contributed by atoms with Crippen LogP contribution in [0.1, 0.15) is 0 Å². The van der Waals surface area contributed by atoms with E-state index in [1.54, 1.807) is 18.2 Å². The first-order valence-corrected chi connectivity index (χ1v) is 9.46. The average molecular weight is 362 g/mol. The quantitative estimate of drug-likeness (QED) is 0.897. The number of sulfonamides is 1. The van der Waals surface area contributed by atoms with Crippen LogP contribution < -0.4 is 19.1 Å². The van der Waals surface area contributed by atoms with Gasteiger partial charge in [-0.25, -0.2) is 8.42 Å². The maximum atomic E-state index is 12.8. The highest BCUT2D eigenvalue weighted by Crippen LogP contribution is 2.35. The van der Waals surface area contributed by atoms with Gasteiger partial charge in [0, 0.05) is 19.2 Å². The molecule has 2 aliphatic heterocycles. The molecule has 0 atom stereocenters. The van der Waals surface area contributed by atoms with Crippen molar-refractivity contribution >= 4 is 21.4 Å². The molecule has 0 aromatic heterocycles. The van der Waals surface area contributed by atoms with E-state index in [2.05, 4.69) is 9.62 Å². The normalized spacial score (nSPS) is 16.7. The number of fused-ring (bicyclic) bond motifs is 1. The fourth-order valence-corrected chi connectivity index (χ4v) is 3.98. The molecule has 0 unspecified atom stereocenters. The van der Waals surface area contributed by atoms with Crippen LogP contribution in [0.4, 0.5) is 11.4 Å². The van der Waals surface area contributed by atoms with Crippen LogP contribution in [0.15, 0.2) is 47.4 Å². The molecule has 0 bridgehead atoms. The van der Waals surface area contributed by atoms with Gasteiger partial charge in [0.25, 0.3) is 10.0 Å². The summed E-state index contributed by atoms with van der Waals surface area (Å²) in [5.74, 6) is 0.983. The molecule has 2 heterocycles. The smallest absolute Gasteiger partial charge is 0.262 e. The Balaban J connectivity index is 1.63. The van der Waals surface area contributed by atoms with E-state index in [-0.39, 0.29) is 11.7 Å². The molecule has 2 aromatic carbocycles. The van der Waals surface area contributed by atoms with Crippen LogP contribution in [0, 0.1) is 0 Å². The van der Waals surface area contributed by atoms with Gasteiger partial charge in [-0.3, -0.25) is 4.72 Å². The molecule has 4 rings (SSSR count). The molecule has 2 aromatic rings. The average Bonchev–Trinajstić information content (AvgIpc) is 3.10. The predicted molar refractivity (Wildman–Crippen MR) is 92.8 cm³/mol. The van der Waals surface area contributed by atoms with E-state index in [9.17, 15) is 8.42 Å². The van der Waals surface area contributed by atoms with E-state index in [0.717, 1.165) is 18.8 Å². The van der Waals surface area contributed by atoms with Gasteiger partial charge in [-0.2, -0.15) is 0 Å². The monoisotopic (exact) mass is 362 g/mol. The predicted octanol–water partition coefficient (Wildman–Crippen LogP) is 2.05. The Labute approximate surface area is 146 Å². The summed E-state index contributed by atoms with van der Waals surface area (Å²) in [5, 5.41) is 0. The third kappa shape index (κ3) is 3.22. The number of rotatable bonds is 4. The highest BCUT2D eigenvalue weighted by Gasteiger charge is 2.22. The summed E-state index contributed by atoms with van der Waals surface area (Å²) in [6.07, 6.45) is 0. The molecule has 25 heavy (non-hydrogen) atoms. The second-order valence-corrected chi connectivity index (χ2v) is 7.42. The van der Waals surface area contributed by atoms with Crippen molar-refractivity contribution in [3.05, 3.63) is 42.5 Å². The lowest BCUT2D eigenvalue weighted by atomic mass is 10.2. The van der Waals surface area contributed by atoms with Gasteiger partial charge < -0.3 is 19.1 Å². The van der Waals surface area contributed by atoms with Crippen LogP contribution in [0.5, 0.6) is 11.5 Å². The minimum atomic E-state index is -3.74. The lowest BCUT2D eigenvalue weighted by Crippen LogP contribution is -2.36. The van der Waals surface area contributed by atoms with E-state index in [1.165, 1.54) is 12.1 Å². The number of ether oxygens (including phenoxy) is 3. The van der Waals surface area contributed by atoms with Crippen LogP contribution in [0.25, 0.3) is 0 Å². The number of hydrogen-bond donors (Lipinski definition) is 1. The molecule has 0 aliphatic carbocycles. The SMILES string of the molecule is O=S(=O)(Nc1ccccc1N1CCOCC1)c1ccc2c(c1)OCO2. The molecule has 1 saturated heterocycles. The number of morpholine rings is 1. The Kier molecular flexibility index (Phi) is 4.14. The summed E-state index contributed by atoms with van der Waals surface area (Å²) in [6.45, 7) is 2.81. The van der Waals surface area contributed by atoms with Crippen molar-refractivity contribution < 1.29 is 22.6 Å². The van der Waals surface area contributed by atoms with Gasteiger partial charge in [-0.15, -0.1) is 0 Å². The summed E-state index contributed by atoms with van der Waals surface area (Å²) in [7, 11) is -3.74. The molecule has 0 spiro atoms. The van der Waals surface area contributed by atoms with Crippen molar-refractivity contribution in [2.24, 2.45) is 0 Å². The van der Waals surface area contributed by atoms with Crippen molar-refractivity contribution in [1.29, 1.82) is 0 Å². The number of hydrogen-bond acceptors (Lipinski definition) is 6. The number of nitrogens with zero attached hydrogens (tertiary/aromatic N) is 1. The lowest BCUT2D eigenvalue weighted by molar-refractivity contribution is 0.123. The van der Waals surface area contributed by atoms with Crippen molar-refractivity contribution in [3.63, 3.8) is 0 Å². The summed E-state index contributed by atoms with van der Waals surface area (Å²) in [6, 6.07) is 11.9. The first kappa shape index (κ1) is 16.0. The molecule has 1 N–H and O–H groups in total. The largest absolute Gasteiger partial charge is 0.454 e. The van der Waals surface area contributed by atoms with Gasteiger partial charge in [0.1, 0.15) is 0 Å². The van der Waals surface area contributed by atoms with Crippen LogP contribution in [-0.2, 0) is 14.8 Å². The van der Waals surface area contributed by atoms with E-state index < -0.39 is 10.0 Å². The van der Waals surface area contributed by atoms with E-state index in [1.807, 2.05) is 12.1 Å². The maximum absolute atomic E-state index is 12.8. The van der Waals surface area contributed by atoms with Crippen LogP contribution >= 0.6 is 0 Å². The molecule has 1 fully saturated rings. The Morgan fingerprint density at radius 1 is 0.960 bits per heavy atom. The van der Waals surface area contributed by atoms with Gasteiger partial charge in [0.05, 0.1) is 29.5 Å². The Morgan fingerprint density at radius 3 is 2.56 bits per heavy atom. The standard InChI is InChI=1S/C17H18N2O5S/c20-25(21,13-5-6-16-17(11-13)24-12-23-16)18-14-3-1-2-4-15(14)19-7-9-22-10-8-19/h1-6,11,18H,7-10,12H2. The van der Waals surface area contributed by atoms with Gasteiger partial charge in [-0.05, 0) is 24.3 Å². The molecule has 0 amide bonds. The van der Waals surface area contributed by atoms with Crippen molar-refractivity contribution in [1.82, 2.24) is 0 Å².